The lowest BCUT2D eigenvalue weighted by molar-refractivity contribution is 0.769. The highest BCUT2D eigenvalue weighted by molar-refractivity contribution is 6.14. The second kappa shape index (κ2) is 13.1. The Kier molecular flexibility index (Phi) is 7.41. The second-order valence-electron chi connectivity index (χ2n) is 15.4. The number of fused-ring (bicyclic) bond motifs is 9. The van der Waals surface area contributed by atoms with Crippen LogP contribution in [-0.4, -0.2) is 19.9 Å². The van der Waals surface area contributed by atoms with Crippen LogP contribution in [0.2, 0.25) is 0 Å². The van der Waals surface area contributed by atoms with Crippen molar-refractivity contribution >= 4 is 43.5 Å². The first kappa shape index (κ1) is 33.3. The predicted octanol–water partition coefficient (Wildman–Crippen LogP) is 13.2. The molecule has 0 N–H and O–H groups in total. The molecule has 0 bridgehead atoms. The summed E-state index contributed by atoms with van der Waals surface area (Å²) in [5.41, 5.74) is 15.9. The van der Waals surface area contributed by atoms with Crippen LogP contribution < -0.4 is 0 Å². The molecular weight excluding hydrogens is 717 g/mol. The van der Waals surface area contributed by atoms with E-state index in [1.807, 2.05) is 30.7 Å². The van der Waals surface area contributed by atoms with Crippen molar-refractivity contribution in [1.29, 1.82) is 0 Å². The first-order chi connectivity index (χ1) is 29.3. The Labute approximate surface area is 341 Å². The van der Waals surface area contributed by atoms with Gasteiger partial charge in [0.05, 0.1) is 33.4 Å². The molecule has 1 aliphatic carbocycles. The molecular formula is C55H34N4. The molecule has 4 heterocycles. The quantitative estimate of drug-likeness (QED) is 0.164. The average Bonchev–Trinajstić information content (AvgIpc) is 3.61. The van der Waals surface area contributed by atoms with Gasteiger partial charge in [-0.15, -0.1) is 0 Å². The topological polar surface area (TPSA) is 51.6 Å². The van der Waals surface area contributed by atoms with Gasteiger partial charge in [0.2, 0.25) is 0 Å². The van der Waals surface area contributed by atoms with Crippen molar-refractivity contribution < 1.29 is 0 Å². The molecule has 0 aliphatic heterocycles. The summed E-state index contributed by atoms with van der Waals surface area (Å²) >= 11 is 0. The summed E-state index contributed by atoms with van der Waals surface area (Å²) in [5, 5.41) is 5.57. The molecule has 4 aromatic heterocycles. The fourth-order valence-electron chi connectivity index (χ4n) is 9.67. The molecule has 1 aliphatic rings. The molecule has 59 heavy (non-hydrogen) atoms. The Balaban J connectivity index is 1.04. The van der Waals surface area contributed by atoms with Crippen molar-refractivity contribution in [3.05, 3.63) is 229 Å². The molecule has 11 aromatic rings. The van der Waals surface area contributed by atoms with E-state index in [4.69, 9.17) is 15.0 Å². The zero-order valence-corrected chi connectivity index (χ0v) is 31.9. The molecule has 0 atom stereocenters. The van der Waals surface area contributed by atoms with Gasteiger partial charge in [0.15, 0.2) is 0 Å². The highest BCUT2D eigenvalue weighted by Gasteiger charge is 2.46. The molecule has 4 heteroatoms. The highest BCUT2D eigenvalue weighted by Crippen LogP contribution is 2.57. The Hall–Kier alpha value is -7.82. The fraction of sp³-hybridized carbons (Fsp3) is 0.0182. The monoisotopic (exact) mass is 750 g/mol. The van der Waals surface area contributed by atoms with Gasteiger partial charge in [-0.3, -0.25) is 15.0 Å². The summed E-state index contributed by atoms with van der Waals surface area (Å²) in [6.45, 7) is 0. The van der Waals surface area contributed by atoms with Crippen LogP contribution in [-0.2, 0) is 5.41 Å². The van der Waals surface area contributed by atoms with Gasteiger partial charge >= 0.3 is 0 Å². The predicted molar refractivity (Wildman–Crippen MR) is 241 cm³/mol. The smallest absolute Gasteiger partial charge is 0.0970 e. The number of para-hydroxylation sites is 1. The van der Waals surface area contributed by atoms with Gasteiger partial charge in [-0.05, 0) is 92.9 Å². The summed E-state index contributed by atoms with van der Waals surface area (Å²) in [4.78, 5) is 19.8. The third-order valence-electron chi connectivity index (χ3n) is 12.2. The van der Waals surface area contributed by atoms with E-state index in [2.05, 4.69) is 181 Å². The van der Waals surface area contributed by atoms with Crippen molar-refractivity contribution in [2.45, 2.75) is 5.41 Å². The van der Waals surface area contributed by atoms with Crippen LogP contribution in [0, 0.1) is 0 Å². The summed E-state index contributed by atoms with van der Waals surface area (Å²) in [6.07, 6.45) is 5.63. The van der Waals surface area contributed by atoms with Gasteiger partial charge in [-0.25, -0.2) is 4.98 Å². The van der Waals surface area contributed by atoms with Crippen LogP contribution in [0.1, 0.15) is 22.3 Å². The normalized spacial score (nSPS) is 12.9. The van der Waals surface area contributed by atoms with Crippen LogP contribution in [0.3, 0.4) is 0 Å². The zero-order valence-electron chi connectivity index (χ0n) is 31.9. The van der Waals surface area contributed by atoms with Crippen LogP contribution in [0.4, 0.5) is 0 Å². The number of aromatic nitrogens is 4. The Morgan fingerprint density at radius 2 is 1.08 bits per heavy atom. The van der Waals surface area contributed by atoms with Gasteiger partial charge in [0.1, 0.15) is 0 Å². The van der Waals surface area contributed by atoms with Gasteiger partial charge in [-0.1, -0.05) is 140 Å². The Morgan fingerprint density at radius 3 is 1.90 bits per heavy atom. The third-order valence-corrected chi connectivity index (χ3v) is 12.2. The molecule has 0 saturated heterocycles. The van der Waals surface area contributed by atoms with E-state index in [1.165, 1.54) is 38.8 Å². The van der Waals surface area contributed by atoms with E-state index in [0.717, 1.165) is 71.7 Å². The van der Waals surface area contributed by atoms with E-state index in [0.29, 0.717) is 0 Å². The van der Waals surface area contributed by atoms with E-state index in [9.17, 15) is 0 Å². The molecule has 4 nitrogen and oxygen atoms in total. The molecule has 0 amide bonds. The van der Waals surface area contributed by atoms with Gasteiger partial charge in [-0.2, -0.15) is 0 Å². The van der Waals surface area contributed by atoms with Crippen molar-refractivity contribution in [2.24, 2.45) is 0 Å². The van der Waals surface area contributed by atoms with Crippen molar-refractivity contribution in [3.8, 4) is 44.8 Å². The number of hydrogen-bond acceptors (Lipinski definition) is 4. The minimum Gasteiger partial charge on any atom is -0.256 e. The molecule has 0 spiro atoms. The van der Waals surface area contributed by atoms with E-state index in [-0.39, 0.29) is 0 Å². The lowest BCUT2D eigenvalue weighted by atomic mass is 9.67. The average molecular weight is 751 g/mol. The van der Waals surface area contributed by atoms with Crippen LogP contribution >= 0.6 is 0 Å². The largest absolute Gasteiger partial charge is 0.256 e. The minimum absolute atomic E-state index is 0.489. The van der Waals surface area contributed by atoms with Crippen molar-refractivity contribution in [1.82, 2.24) is 19.9 Å². The standard InChI is InChI=1S/C55H34N4/c1-3-17-39(18-4-1)55(40-19-5-2-6-20-40)48-24-9-7-21-41(48)46-32-47-45(33-49(46)55)42-22-8-10-25-51(42)59-52(47)36-15-11-14-35(30-36)50-27-26-38(34-58-50)44-31-37-16-12-28-56-53(37)54-43(44)23-13-29-57-54/h1-34H. The number of rotatable bonds is 5. The molecule has 0 radical (unpaired) electrons. The van der Waals surface area contributed by atoms with E-state index >= 15 is 0 Å². The third kappa shape index (κ3) is 5.03. The van der Waals surface area contributed by atoms with Gasteiger partial charge in [0, 0.05) is 56.8 Å². The summed E-state index contributed by atoms with van der Waals surface area (Å²) in [7, 11) is 0. The molecule has 12 rings (SSSR count). The van der Waals surface area contributed by atoms with E-state index in [1.54, 1.807) is 0 Å². The lowest BCUT2D eigenvalue weighted by Gasteiger charge is -2.34. The summed E-state index contributed by atoms with van der Waals surface area (Å²) < 4.78 is 0. The lowest BCUT2D eigenvalue weighted by Crippen LogP contribution is -2.28. The van der Waals surface area contributed by atoms with Crippen LogP contribution in [0.15, 0.2) is 207 Å². The fourth-order valence-corrected chi connectivity index (χ4v) is 9.67. The number of nitrogens with zero attached hydrogens (tertiary/aromatic N) is 4. The first-order valence-electron chi connectivity index (χ1n) is 20.0. The maximum absolute atomic E-state index is 5.42. The Morgan fingerprint density at radius 1 is 0.373 bits per heavy atom. The van der Waals surface area contributed by atoms with Gasteiger partial charge in [0.25, 0.3) is 0 Å². The molecule has 0 unspecified atom stereocenters. The maximum Gasteiger partial charge on any atom is 0.0970 e. The van der Waals surface area contributed by atoms with Crippen molar-refractivity contribution in [3.63, 3.8) is 0 Å². The number of benzene rings is 7. The minimum atomic E-state index is -0.489. The van der Waals surface area contributed by atoms with Crippen molar-refractivity contribution in [2.75, 3.05) is 0 Å². The molecule has 7 aromatic carbocycles. The van der Waals surface area contributed by atoms with Gasteiger partial charge < -0.3 is 0 Å². The SMILES string of the molecule is c1ccc(C2(c3ccccc3)c3ccccc3-c3cc4c(-c5cccc(-c6ccc(-c7cc8cccnc8c8ncccc78)cn6)c5)nc5ccccc5c4cc32)cc1. The molecule has 274 valence electrons. The Bertz CT molecular complexity index is 3390. The van der Waals surface area contributed by atoms with Crippen LogP contribution in [0.5, 0.6) is 0 Å². The molecule has 0 saturated carbocycles. The molecule has 0 fully saturated rings. The second-order valence-corrected chi connectivity index (χ2v) is 15.4. The van der Waals surface area contributed by atoms with Crippen LogP contribution in [0.25, 0.3) is 88.2 Å². The summed E-state index contributed by atoms with van der Waals surface area (Å²) in [6, 6.07) is 67.6. The maximum atomic E-state index is 5.42. The summed E-state index contributed by atoms with van der Waals surface area (Å²) in [5.74, 6) is 0. The van der Waals surface area contributed by atoms with E-state index < -0.39 is 5.41 Å². The number of pyridine rings is 4. The zero-order chi connectivity index (χ0) is 38.9. The number of hydrogen-bond donors (Lipinski definition) is 0. The highest BCUT2D eigenvalue weighted by atomic mass is 14.7. The first-order valence-corrected chi connectivity index (χ1v) is 20.0.